The fourth-order valence-corrected chi connectivity index (χ4v) is 2.38. The van der Waals surface area contributed by atoms with Crippen molar-refractivity contribution in [3.05, 3.63) is 35.6 Å². The number of benzene rings is 1. The van der Waals surface area contributed by atoms with Crippen LogP contribution in [0, 0.1) is 11.7 Å². The lowest BCUT2D eigenvalue weighted by Crippen LogP contribution is -2.45. The monoisotopic (exact) mass is 280 g/mol. The maximum absolute atomic E-state index is 13.4. The van der Waals surface area contributed by atoms with Crippen molar-refractivity contribution in [2.45, 2.75) is 31.6 Å². The van der Waals surface area contributed by atoms with E-state index >= 15 is 0 Å². The number of hydrogen-bond donors (Lipinski definition) is 1. The molecule has 0 radical (unpaired) electrons. The lowest BCUT2D eigenvalue weighted by Gasteiger charge is -2.27. The Kier molecular flexibility index (Phi) is 4.06. The van der Waals surface area contributed by atoms with Gasteiger partial charge in [-0.2, -0.15) is 0 Å². The molecule has 1 aromatic carbocycles. The highest BCUT2D eigenvalue weighted by Gasteiger charge is 2.52. The summed E-state index contributed by atoms with van der Waals surface area (Å²) in [5.41, 5.74) is -1.66. The number of carboxylic acids is 1. The summed E-state index contributed by atoms with van der Waals surface area (Å²) < 4.78 is 18.4. The second-order valence-corrected chi connectivity index (χ2v) is 5.09. The molecule has 1 N–H and O–H groups in total. The van der Waals surface area contributed by atoms with E-state index in [-0.39, 0.29) is 24.5 Å². The Hall–Kier alpha value is -1.91. The van der Waals surface area contributed by atoms with E-state index in [4.69, 9.17) is 4.74 Å². The second-order valence-electron chi connectivity index (χ2n) is 5.09. The molecule has 0 spiro atoms. The molecular weight excluding hydrogens is 263 g/mol. The number of carbonyl (C=O) groups excluding carboxylic acids is 1. The Balaban J connectivity index is 2.49. The van der Waals surface area contributed by atoms with Gasteiger partial charge in [0.05, 0.1) is 6.61 Å². The number of aliphatic carboxylic acids is 1. The van der Waals surface area contributed by atoms with Gasteiger partial charge < -0.3 is 9.84 Å². The van der Waals surface area contributed by atoms with Crippen molar-refractivity contribution in [3.8, 4) is 0 Å². The molecule has 1 aliphatic rings. The zero-order valence-electron chi connectivity index (χ0n) is 11.3. The molecule has 0 aromatic heterocycles. The Labute approximate surface area is 116 Å². The lowest BCUT2D eigenvalue weighted by molar-refractivity contribution is -0.162. The SMILES string of the molecule is CCOC(=O)C(CC1CC1)(C(=O)O)c1cccc(F)c1. The standard InChI is InChI=1S/C15H17FO4/c1-2-20-14(19)15(13(17)18,9-10-6-7-10)11-4-3-5-12(16)8-11/h3-5,8,10H,2,6-7,9H2,1H3,(H,17,18). The number of carboxylic acid groups (broad SMARTS) is 1. The van der Waals surface area contributed by atoms with Crippen LogP contribution in [0.4, 0.5) is 4.39 Å². The number of halogens is 1. The van der Waals surface area contributed by atoms with E-state index in [1.807, 2.05) is 0 Å². The van der Waals surface area contributed by atoms with Gasteiger partial charge in [-0.25, -0.2) is 4.39 Å². The summed E-state index contributed by atoms with van der Waals surface area (Å²) in [6, 6.07) is 5.21. The molecule has 1 aromatic rings. The fourth-order valence-electron chi connectivity index (χ4n) is 2.38. The van der Waals surface area contributed by atoms with E-state index in [0.29, 0.717) is 0 Å². The average molecular weight is 280 g/mol. The zero-order valence-corrected chi connectivity index (χ0v) is 11.3. The predicted octanol–water partition coefficient (Wildman–Crippen LogP) is 2.51. The molecule has 0 heterocycles. The normalized spacial score (nSPS) is 17.3. The molecule has 4 nitrogen and oxygen atoms in total. The maximum atomic E-state index is 13.4. The smallest absolute Gasteiger partial charge is 0.328 e. The van der Waals surface area contributed by atoms with Gasteiger partial charge in [-0.1, -0.05) is 25.0 Å². The van der Waals surface area contributed by atoms with Crippen LogP contribution in [0.15, 0.2) is 24.3 Å². The first-order chi connectivity index (χ1) is 9.50. The zero-order chi connectivity index (χ0) is 14.8. The van der Waals surface area contributed by atoms with Gasteiger partial charge in [-0.3, -0.25) is 9.59 Å². The molecule has 1 unspecified atom stereocenters. The van der Waals surface area contributed by atoms with Gasteiger partial charge in [0, 0.05) is 0 Å². The van der Waals surface area contributed by atoms with Gasteiger partial charge >= 0.3 is 11.9 Å². The first-order valence-electron chi connectivity index (χ1n) is 6.67. The molecule has 1 aliphatic carbocycles. The third-order valence-electron chi connectivity index (χ3n) is 3.60. The molecule has 108 valence electrons. The van der Waals surface area contributed by atoms with E-state index < -0.39 is 23.2 Å². The molecular formula is C15H17FO4. The molecule has 0 aliphatic heterocycles. The fraction of sp³-hybridized carbons (Fsp3) is 0.467. The van der Waals surface area contributed by atoms with Crippen molar-refractivity contribution in [1.29, 1.82) is 0 Å². The van der Waals surface area contributed by atoms with Gasteiger partial charge in [0.2, 0.25) is 0 Å². The number of ether oxygens (including phenoxy) is 1. The quantitative estimate of drug-likeness (QED) is 0.642. The number of hydrogen-bond acceptors (Lipinski definition) is 3. The first-order valence-corrected chi connectivity index (χ1v) is 6.67. The Morgan fingerprint density at radius 3 is 2.65 bits per heavy atom. The molecule has 20 heavy (non-hydrogen) atoms. The summed E-state index contributed by atoms with van der Waals surface area (Å²) in [7, 11) is 0. The highest BCUT2D eigenvalue weighted by atomic mass is 19.1. The maximum Gasteiger partial charge on any atom is 0.328 e. The van der Waals surface area contributed by atoms with Crippen LogP contribution in [0.3, 0.4) is 0 Å². The number of esters is 1. The predicted molar refractivity (Wildman–Crippen MR) is 69.7 cm³/mol. The van der Waals surface area contributed by atoms with Crippen molar-refractivity contribution in [2.24, 2.45) is 5.92 Å². The summed E-state index contributed by atoms with van der Waals surface area (Å²) in [5.74, 6) is -2.48. The molecule has 1 fully saturated rings. The Morgan fingerprint density at radius 2 is 2.15 bits per heavy atom. The molecule has 0 amide bonds. The van der Waals surface area contributed by atoms with Crippen LogP contribution in [0.2, 0.25) is 0 Å². The summed E-state index contributed by atoms with van der Waals surface area (Å²) in [5, 5.41) is 9.62. The van der Waals surface area contributed by atoms with E-state index in [9.17, 15) is 19.1 Å². The number of carbonyl (C=O) groups is 2. The van der Waals surface area contributed by atoms with Crippen LogP contribution in [0.5, 0.6) is 0 Å². The van der Waals surface area contributed by atoms with Crippen molar-refractivity contribution < 1.29 is 23.8 Å². The van der Waals surface area contributed by atoms with Crippen molar-refractivity contribution in [2.75, 3.05) is 6.61 Å². The van der Waals surface area contributed by atoms with Gasteiger partial charge in [0.25, 0.3) is 0 Å². The molecule has 2 rings (SSSR count). The molecule has 5 heteroatoms. The Morgan fingerprint density at radius 1 is 1.45 bits per heavy atom. The summed E-state index contributed by atoms with van der Waals surface area (Å²) >= 11 is 0. The van der Waals surface area contributed by atoms with E-state index in [0.717, 1.165) is 18.9 Å². The largest absolute Gasteiger partial charge is 0.480 e. The van der Waals surface area contributed by atoms with Gasteiger partial charge in [0.1, 0.15) is 5.82 Å². The van der Waals surface area contributed by atoms with Crippen molar-refractivity contribution in [3.63, 3.8) is 0 Å². The minimum Gasteiger partial charge on any atom is -0.480 e. The van der Waals surface area contributed by atoms with E-state index in [2.05, 4.69) is 0 Å². The average Bonchev–Trinajstić information content (AvgIpc) is 3.19. The number of rotatable bonds is 6. The van der Waals surface area contributed by atoms with Crippen LogP contribution in [0.25, 0.3) is 0 Å². The molecule has 1 atom stereocenters. The van der Waals surface area contributed by atoms with Crippen LogP contribution in [0.1, 0.15) is 31.7 Å². The minimum absolute atomic E-state index is 0.0911. The van der Waals surface area contributed by atoms with Gasteiger partial charge in [0.15, 0.2) is 5.41 Å². The van der Waals surface area contributed by atoms with Crippen molar-refractivity contribution in [1.82, 2.24) is 0 Å². The van der Waals surface area contributed by atoms with Crippen LogP contribution in [-0.4, -0.2) is 23.7 Å². The Bertz CT molecular complexity index is 524. The van der Waals surface area contributed by atoms with E-state index in [1.54, 1.807) is 6.92 Å². The lowest BCUT2D eigenvalue weighted by atomic mass is 9.76. The van der Waals surface area contributed by atoms with Crippen molar-refractivity contribution >= 4 is 11.9 Å². The summed E-state index contributed by atoms with van der Waals surface area (Å²) in [6.07, 6.45) is 1.94. The third-order valence-corrected chi connectivity index (χ3v) is 3.60. The van der Waals surface area contributed by atoms with Crippen LogP contribution in [-0.2, 0) is 19.7 Å². The van der Waals surface area contributed by atoms with Gasteiger partial charge in [-0.05, 0) is 37.0 Å². The van der Waals surface area contributed by atoms with Gasteiger partial charge in [-0.15, -0.1) is 0 Å². The van der Waals surface area contributed by atoms with E-state index in [1.165, 1.54) is 18.2 Å². The third kappa shape index (κ3) is 2.66. The minimum atomic E-state index is -1.81. The molecule has 0 saturated heterocycles. The van der Waals surface area contributed by atoms with Crippen LogP contribution < -0.4 is 0 Å². The highest BCUT2D eigenvalue weighted by molar-refractivity contribution is 6.05. The highest BCUT2D eigenvalue weighted by Crippen LogP contribution is 2.43. The summed E-state index contributed by atoms with van der Waals surface area (Å²) in [6.45, 7) is 1.71. The molecule has 1 saturated carbocycles. The summed E-state index contributed by atoms with van der Waals surface area (Å²) in [4.78, 5) is 24.0. The first kappa shape index (κ1) is 14.5. The molecule has 0 bridgehead atoms. The topological polar surface area (TPSA) is 63.6 Å². The van der Waals surface area contributed by atoms with Crippen LogP contribution >= 0.6 is 0 Å². The second kappa shape index (κ2) is 5.61.